The van der Waals surface area contributed by atoms with Crippen molar-refractivity contribution in [1.82, 2.24) is 16.0 Å². The first kappa shape index (κ1) is 53.4. The summed E-state index contributed by atoms with van der Waals surface area (Å²) < 4.78 is 64.5. The molecule has 3 aliphatic rings. The van der Waals surface area contributed by atoms with Crippen LogP contribution in [0.15, 0.2) is 0 Å². The molecule has 17 atom stereocenters. The van der Waals surface area contributed by atoms with E-state index in [1.165, 1.54) is 0 Å². The van der Waals surface area contributed by atoms with Gasteiger partial charge in [0.05, 0.1) is 26.4 Å². The van der Waals surface area contributed by atoms with Crippen LogP contribution in [0.25, 0.3) is 0 Å². The minimum Gasteiger partial charge on any atom is -0.394 e. The van der Waals surface area contributed by atoms with Crippen LogP contribution in [0.3, 0.4) is 0 Å². The van der Waals surface area contributed by atoms with E-state index < -0.39 is 158 Å². The maximum absolute atomic E-state index is 13.0. The number of aliphatic hydroxyl groups excluding tert-OH is 9. The molecule has 0 aliphatic carbocycles. The van der Waals surface area contributed by atoms with Crippen LogP contribution in [0, 0.1) is 0 Å². The Morgan fingerprint density at radius 3 is 1.80 bits per heavy atom. The molecule has 3 aliphatic heterocycles. The van der Waals surface area contributed by atoms with Crippen LogP contribution in [0.1, 0.15) is 26.2 Å². The zero-order valence-electron chi connectivity index (χ0n) is 32.5. The molecule has 0 saturated carbocycles. The molecule has 3 fully saturated rings. The van der Waals surface area contributed by atoms with Crippen LogP contribution >= 0.6 is 15.6 Å². The standard InChI is InChI=1S/C30H56N4O25P2/c1-12(36)33-18-22(41)19(38)14(8-35)56-28(18)59-61(50,51)55-10-16-21(40)23(42)25(44)29(57-16)52-7-3-6-32-27(46)13(4-2-5-31)34-17(37)11-53-30-26(45)24(43)20(39)15(58-30)9-54-60(47,48)49/h13-16,18-26,28-30,35,38-45H,2-11,31H2,1H3,(H,32,46)(H,33,36)(H,34,37)(H,50,51)(H2,47,48,49)/t13-,14+,15+,16+,18+,19+,20+,21+,22+,23-,24-,25-,26-,28+,29-,30-/m0/s1. The number of hydrogen-bond donors (Lipinski definition) is 16. The Balaban J connectivity index is 1.48. The number of nitrogens with two attached hydrogens (primary N) is 1. The summed E-state index contributed by atoms with van der Waals surface area (Å²) in [5.74, 6) is -2.35. The molecule has 3 rings (SSSR count). The fraction of sp³-hybridized carbons (Fsp3) is 0.900. The zero-order chi connectivity index (χ0) is 45.8. The molecule has 0 aromatic carbocycles. The average molecular weight is 935 g/mol. The van der Waals surface area contributed by atoms with E-state index in [1.54, 1.807) is 0 Å². The first-order chi connectivity index (χ1) is 28.5. The van der Waals surface area contributed by atoms with E-state index in [1.807, 2.05) is 0 Å². The Kier molecular flexibility index (Phi) is 21.3. The second-order valence-corrected chi connectivity index (χ2v) is 16.6. The third kappa shape index (κ3) is 16.2. The van der Waals surface area contributed by atoms with Crippen LogP contribution in [-0.2, 0) is 60.8 Å². The number of phosphoric acid groups is 2. The van der Waals surface area contributed by atoms with E-state index in [4.69, 9.17) is 48.3 Å². The number of carbonyl (C=O) groups excluding carboxylic acids is 3. The van der Waals surface area contributed by atoms with Gasteiger partial charge in [0.15, 0.2) is 18.9 Å². The smallest absolute Gasteiger partial charge is 0.394 e. The highest BCUT2D eigenvalue weighted by Crippen LogP contribution is 2.47. The van der Waals surface area contributed by atoms with Crippen molar-refractivity contribution in [3.63, 3.8) is 0 Å². The monoisotopic (exact) mass is 934 g/mol. The Labute approximate surface area is 346 Å². The Bertz CT molecular complexity index is 1500. The molecule has 31 heteroatoms. The van der Waals surface area contributed by atoms with Gasteiger partial charge in [-0.05, 0) is 25.8 Å². The zero-order valence-corrected chi connectivity index (χ0v) is 34.2. The Morgan fingerprint density at radius 2 is 1.26 bits per heavy atom. The van der Waals surface area contributed by atoms with Crippen molar-refractivity contribution in [1.29, 1.82) is 0 Å². The average Bonchev–Trinajstić information content (AvgIpc) is 3.19. The molecular formula is C30H56N4O25P2. The molecule has 3 saturated heterocycles. The van der Waals surface area contributed by atoms with E-state index in [9.17, 15) is 74.4 Å². The summed E-state index contributed by atoms with van der Waals surface area (Å²) >= 11 is 0. The highest BCUT2D eigenvalue weighted by atomic mass is 31.2. The highest BCUT2D eigenvalue weighted by molar-refractivity contribution is 7.47. The van der Waals surface area contributed by atoms with Crippen LogP contribution in [-0.4, -0.2) is 223 Å². The van der Waals surface area contributed by atoms with Crippen molar-refractivity contribution in [2.45, 2.75) is 124 Å². The van der Waals surface area contributed by atoms with Crippen molar-refractivity contribution >= 4 is 33.4 Å². The SMILES string of the molecule is CC(=O)N[C@H]1[C@@H](OP(=O)(O)OC[C@H]2O[C@H](OCCCNC(=O)[C@H](CCCN)NC(=O)CO[C@H]3O[C@H](COP(=O)(O)O)[C@@H](O)[C@H](O)[C@@H]3O)[C@@H](O)[C@@H](O)[C@@H]2O)O[C@H](CO)[C@@H](O)[C@@H]1O. The van der Waals surface area contributed by atoms with E-state index in [2.05, 4.69) is 20.5 Å². The summed E-state index contributed by atoms with van der Waals surface area (Å²) in [6.07, 6.45) is -24.6. The molecular weight excluding hydrogens is 878 g/mol. The number of carbonyl (C=O) groups is 3. The van der Waals surface area contributed by atoms with Gasteiger partial charge in [-0.25, -0.2) is 9.13 Å². The normalized spacial score (nSPS) is 36.1. The van der Waals surface area contributed by atoms with Gasteiger partial charge < -0.3 is 106 Å². The highest BCUT2D eigenvalue weighted by Gasteiger charge is 2.50. The molecule has 61 heavy (non-hydrogen) atoms. The number of rotatable bonds is 23. The lowest BCUT2D eigenvalue weighted by molar-refractivity contribution is -0.300. The van der Waals surface area contributed by atoms with Crippen LogP contribution in [0.5, 0.6) is 0 Å². The van der Waals surface area contributed by atoms with Gasteiger partial charge in [-0.1, -0.05) is 0 Å². The number of hydrogen-bond acceptors (Lipinski definition) is 23. The largest absolute Gasteiger partial charge is 0.474 e. The van der Waals surface area contributed by atoms with Gasteiger partial charge in [0.2, 0.25) is 17.7 Å². The van der Waals surface area contributed by atoms with Crippen molar-refractivity contribution in [3.8, 4) is 0 Å². The molecule has 0 aromatic heterocycles. The summed E-state index contributed by atoms with van der Waals surface area (Å²) in [6.45, 7) is -2.79. The van der Waals surface area contributed by atoms with E-state index >= 15 is 0 Å². The number of nitrogens with one attached hydrogen (secondary N) is 3. The maximum Gasteiger partial charge on any atom is 0.474 e. The summed E-state index contributed by atoms with van der Waals surface area (Å²) in [7, 11) is -10.2. The first-order valence-corrected chi connectivity index (χ1v) is 21.7. The molecule has 17 N–H and O–H groups in total. The van der Waals surface area contributed by atoms with Gasteiger partial charge >= 0.3 is 15.6 Å². The van der Waals surface area contributed by atoms with Gasteiger partial charge in [0, 0.05) is 13.5 Å². The number of ether oxygens (including phenoxy) is 5. The molecule has 3 amide bonds. The summed E-state index contributed by atoms with van der Waals surface area (Å²) in [5, 5.41) is 98.7. The lowest BCUT2D eigenvalue weighted by Gasteiger charge is -2.42. The summed E-state index contributed by atoms with van der Waals surface area (Å²) in [4.78, 5) is 65.5. The molecule has 0 bridgehead atoms. The van der Waals surface area contributed by atoms with Gasteiger partial charge in [-0.15, -0.1) is 0 Å². The van der Waals surface area contributed by atoms with Crippen LogP contribution in [0.2, 0.25) is 0 Å². The van der Waals surface area contributed by atoms with Gasteiger partial charge in [0.25, 0.3) is 0 Å². The number of aliphatic hydroxyl groups is 9. The first-order valence-electron chi connectivity index (χ1n) is 18.6. The fourth-order valence-electron chi connectivity index (χ4n) is 6.04. The van der Waals surface area contributed by atoms with Crippen molar-refractivity contribution in [2.75, 3.05) is 46.1 Å². The third-order valence-electron chi connectivity index (χ3n) is 9.26. The molecule has 0 radical (unpaired) electrons. The third-order valence-corrected chi connectivity index (χ3v) is 10.7. The lowest BCUT2D eigenvalue weighted by Crippen LogP contribution is -2.64. The predicted molar refractivity (Wildman–Crippen MR) is 193 cm³/mol. The molecule has 0 aromatic rings. The van der Waals surface area contributed by atoms with Gasteiger partial charge in [0.1, 0.15) is 85.8 Å². The van der Waals surface area contributed by atoms with Crippen molar-refractivity contribution in [2.24, 2.45) is 5.73 Å². The number of phosphoric ester groups is 2. The fourth-order valence-corrected chi connectivity index (χ4v) is 7.22. The second-order valence-electron chi connectivity index (χ2n) is 14.0. The molecule has 29 nitrogen and oxygen atoms in total. The maximum atomic E-state index is 13.0. The van der Waals surface area contributed by atoms with Crippen molar-refractivity contribution in [3.05, 3.63) is 0 Å². The molecule has 1 unspecified atom stereocenters. The van der Waals surface area contributed by atoms with Crippen molar-refractivity contribution < 1.29 is 121 Å². The minimum absolute atomic E-state index is 0.0305. The van der Waals surface area contributed by atoms with E-state index in [0.717, 1.165) is 6.92 Å². The predicted octanol–water partition coefficient (Wildman–Crippen LogP) is -8.45. The second kappa shape index (κ2) is 24.4. The molecule has 0 spiro atoms. The van der Waals surface area contributed by atoms with E-state index in [-0.39, 0.29) is 39.0 Å². The quantitative estimate of drug-likeness (QED) is 0.0334. The topological polar surface area (TPSA) is 464 Å². The van der Waals surface area contributed by atoms with Gasteiger partial charge in [-0.2, -0.15) is 0 Å². The van der Waals surface area contributed by atoms with Gasteiger partial charge in [-0.3, -0.25) is 28.0 Å². The lowest BCUT2D eigenvalue weighted by atomic mass is 9.97. The molecule has 3 heterocycles. The van der Waals surface area contributed by atoms with E-state index in [0.29, 0.717) is 0 Å². The molecule has 356 valence electrons. The van der Waals surface area contributed by atoms with Crippen LogP contribution in [0.4, 0.5) is 0 Å². The summed E-state index contributed by atoms with van der Waals surface area (Å²) in [5.41, 5.74) is 5.55. The van der Waals surface area contributed by atoms with Crippen LogP contribution < -0.4 is 21.7 Å². The number of amides is 3. The minimum atomic E-state index is -5.23. The Hall–Kier alpha value is -1.97. The summed E-state index contributed by atoms with van der Waals surface area (Å²) in [6, 6.07) is -2.78. The Morgan fingerprint density at radius 1 is 0.721 bits per heavy atom.